The molecule has 0 radical (unpaired) electrons. The second-order valence-corrected chi connectivity index (χ2v) is 9.61. The van der Waals surface area contributed by atoms with Crippen molar-refractivity contribution < 1.29 is 9.84 Å². The molecule has 4 aromatic rings. The average Bonchev–Trinajstić information content (AvgIpc) is 3.56. The van der Waals surface area contributed by atoms with E-state index < -0.39 is 6.10 Å². The molecular weight excluding hydrogens is 464 g/mol. The first kappa shape index (κ1) is 24.9. The number of aliphatic hydroxyl groups excluding tert-OH is 1. The zero-order valence-electron chi connectivity index (χ0n) is 21.7. The summed E-state index contributed by atoms with van der Waals surface area (Å²) in [4.78, 5) is 13.8. The summed E-state index contributed by atoms with van der Waals surface area (Å²) in [6, 6.07) is 10.1. The van der Waals surface area contributed by atoms with Crippen LogP contribution < -0.4 is 4.74 Å². The number of imidazole rings is 1. The van der Waals surface area contributed by atoms with E-state index in [1.54, 1.807) is 13.4 Å². The van der Waals surface area contributed by atoms with Crippen LogP contribution in [0.1, 0.15) is 85.2 Å². The molecule has 0 amide bonds. The highest BCUT2D eigenvalue weighted by atomic mass is 16.5. The van der Waals surface area contributed by atoms with Gasteiger partial charge >= 0.3 is 0 Å². The van der Waals surface area contributed by atoms with Crippen molar-refractivity contribution in [2.75, 3.05) is 7.11 Å². The van der Waals surface area contributed by atoms with E-state index in [-0.39, 0.29) is 5.92 Å². The fourth-order valence-corrected chi connectivity index (χ4v) is 4.86. The Balaban J connectivity index is 1.34. The van der Waals surface area contributed by atoms with Crippen molar-refractivity contribution in [3.05, 3.63) is 83.2 Å². The van der Waals surface area contributed by atoms with Gasteiger partial charge in [0.2, 0.25) is 0 Å². The summed E-state index contributed by atoms with van der Waals surface area (Å²) in [5, 5.41) is 15.1. The van der Waals surface area contributed by atoms with Gasteiger partial charge in [-0.25, -0.2) is 14.6 Å². The number of hydrogen-bond donors (Lipinski definition) is 1. The van der Waals surface area contributed by atoms with E-state index >= 15 is 0 Å². The van der Waals surface area contributed by atoms with E-state index in [4.69, 9.17) is 14.8 Å². The lowest BCUT2D eigenvalue weighted by molar-refractivity contribution is 0.159. The maximum atomic E-state index is 10.4. The quantitative estimate of drug-likeness (QED) is 0.328. The summed E-state index contributed by atoms with van der Waals surface area (Å²) in [6.07, 6.45) is 14.0. The van der Waals surface area contributed by atoms with Gasteiger partial charge in [-0.3, -0.25) is 4.98 Å². The van der Waals surface area contributed by atoms with Crippen LogP contribution >= 0.6 is 0 Å². The molecule has 0 fully saturated rings. The number of fused-ring (bicyclic) bond motifs is 1. The van der Waals surface area contributed by atoms with Gasteiger partial charge in [0.15, 0.2) is 5.82 Å². The van der Waals surface area contributed by atoms with Gasteiger partial charge in [0.05, 0.1) is 36.6 Å². The van der Waals surface area contributed by atoms with Crippen molar-refractivity contribution in [2.24, 2.45) is 0 Å². The largest absolute Gasteiger partial charge is 0.495 e. The molecule has 1 N–H and O–H groups in total. The number of ether oxygens (including phenoxy) is 1. The lowest BCUT2D eigenvalue weighted by atomic mass is 9.92. The number of unbranched alkanes of at least 4 members (excludes halogenated alkanes) is 1. The van der Waals surface area contributed by atoms with Gasteiger partial charge in [-0.05, 0) is 61.6 Å². The summed E-state index contributed by atoms with van der Waals surface area (Å²) in [5.41, 5.74) is 4.75. The van der Waals surface area contributed by atoms with Crippen molar-refractivity contribution in [1.29, 1.82) is 0 Å². The van der Waals surface area contributed by atoms with Crippen molar-refractivity contribution in [3.63, 3.8) is 0 Å². The minimum Gasteiger partial charge on any atom is -0.495 e. The Labute approximate surface area is 217 Å². The third-order valence-electron chi connectivity index (χ3n) is 6.89. The highest BCUT2D eigenvalue weighted by Gasteiger charge is 2.26. The maximum Gasteiger partial charge on any atom is 0.174 e. The molecule has 5 rings (SSSR count). The molecule has 1 aliphatic rings. The molecule has 8 nitrogen and oxygen atoms in total. The Morgan fingerprint density at radius 1 is 1.19 bits per heavy atom. The maximum absolute atomic E-state index is 10.4. The van der Waals surface area contributed by atoms with Gasteiger partial charge in [-0.15, -0.1) is 0 Å². The molecule has 0 spiro atoms. The monoisotopic (exact) mass is 498 g/mol. The third-order valence-corrected chi connectivity index (χ3v) is 6.89. The molecule has 192 valence electrons. The van der Waals surface area contributed by atoms with Crippen LogP contribution in [0.25, 0.3) is 17.8 Å². The Morgan fingerprint density at radius 2 is 2.08 bits per heavy atom. The number of aryl methyl sites for hydroxylation is 2. The molecule has 1 unspecified atom stereocenters. The standard InChI is InChI=1S/C29H34N6O2/c1-4-5-8-26(36)24-12-11-22(17-30-24)23-7-6-15-35-29(23)32-28(33-35)14-10-21-9-13-25(27(16-21)37-3)34-18-20(2)31-19-34/h9-14,16-19,23,26,36H,4-8,15H2,1-3H3/b14-10+/t23-,26?/m1/s1. The van der Waals surface area contributed by atoms with Gasteiger partial charge in [0.1, 0.15) is 11.6 Å². The summed E-state index contributed by atoms with van der Waals surface area (Å²) >= 11 is 0. The first-order valence-electron chi connectivity index (χ1n) is 13.0. The molecule has 2 atom stereocenters. The molecule has 8 heteroatoms. The smallest absolute Gasteiger partial charge is 0.174 e. The summed E-state index contributed by atoms with van der Waals surface area (Å²) < 4.78 is 9.61. The van der Waals surface area contributed by atoms with Crippen molar-refractivity contribution in [2.45, 2.75) is 64.5 Å². The van der Waals surface area contributed by atoms with E-state index in [0.717, 1.165) is 78.4 Å². The fourth-order valence-electron chi connectivity index (χ4n) is 4.86. The van der Waals surface area contributed by atoms with Gasteiger partial charge in [-0.1, -0.05) is 38.0 Å². The first-order chi connectivity index (χ1) is 18.1. The fraction of sp³-hybridized carbons (Fsp3) is 0.379. The molecule has 3 aromatic heterocycles. The number of methoxy groups -OCH3 is 1. The lowest BCUT2D eigenvalue weighted by Crippen LogP contribution is -2.18. The van der Waals surface area contributed by atoms with Crippen molar-refractivity contribution in [1.82, 2.24) is 29.3 Å². The second kappa shape index (κ2) is 11.1. The van der Waals surface area contributed by atoms with Gasteiger partial charge < -0.3 is 14.4 Å². The average molecular weight is 499 g/mol. The Bertz CT molecular complexity index is 1370. The van der Waals surface area contributed by atoms with E-state index in [0.29, 0.717) is 5.82 Å². The molecular formula is C29H34N6O2. The van der Waals surface area contributed by atoms with E-state index in [1.807, 2.05) is 65.0 Å². The minimum atomic E-state index is -0.502. The SMILES string of the molecule is CCCCC(O)c1ccc([C@H]2CCCn3nc(/C=C/c4ccc(-n5cnc(C)c5)c(OC)c4)nc32)cn1. The van der Waals surface area contributed by atoms with Crippen LogP contribution in [0, 0.1) is 6.92 Å². The molecule has 1 aromatic carbocycles. The van der Waals surface area contributed by atoms with Gasteiger partial charge in [-0.2, -0.15) is 5.10 Å². The van der Waals surface area contributed by atoms with E-state index in [2.05, 4.69) is 23.0 Å². The number of benzene rings is 1. The van der Waals surface area contributed by atoms with Crippen LogP contribution in [0.2, 0.25) is 0 Å². The Hall–Kier alpha value is -3.78. The molecule has 0 saturated heterocycles. The zero-order chi connectivity index (χ0) is 25.8. The first-order valence-corrected chi connectivity index (χ1v) is 13.0. The van der Waals surface area contributed by atoms with Gasteiger partial charge in [0.25, 0.3) is 0 Å². The number of aliphatic hydroxyl groups is 1. The Kier molecular flexibility index (Phi) is 7.46. The predicted molar refractivity (Wildman–Crippen MR) is 144 cm³/mol. The minimum absolute atomic E-state index is 0.149. The lowest BCUT2D eigenvalue weighted by Gasteiger charge is -2.22. The zero-order valence-corrected chi connectivity index (χ0v) is 21.7. The third kappa shape index (κ3) is 5.49. The molecule has 0 aliphatic carbocycles. The molecule has 4 heterocycles. The molecule has 1 aliphatic heterocycles. The number of pyridine rings is 1. The van der Waals surface area contributed by atoms with E-state index in [9.17, 15) is 5.11 Å². The normalized spacial score (nSPS) is 16.2. The summed E-state index contributed by atoms with van der Waals surface area (Å²) in [7, 11) is 1.68. The summed E-state index contributed by atoms with van der Waals surface area (Å²) in [6.45, 7) is 4.95. The van der Waals surface area contributed by atoms with E-state index in [1.165, 1.54) is 0 Å². The highest BCUT2D eigenvalue weighted by molar-refractivity contribution is 5.69. The van der Waals surface area contributed by atoms with Crippen LogP contribution in [0.3, 0.4) is 0 Å². The summed E-state index contributed by atoms with van der Waals surface area (Å²) in [5.74, 6) is 2.58. The second-order valence-electron chi connectivity index (χ2n) is 9.61. The number of aromatic nitrogens is 6. The molecule has 0 bridgehead atoms. The van der Waals surface area contributed by atoms with Crippen molar-refractivity contribution >= 4 is 12.2 Å². The Morgan fingerprint density at radius 3 is 2.81 bits per heavy atom. The van der Waals surface area contributed by atoms with Crippen molar-refractivity contribution in [3.8, 4) is 11.4 Å². The van der Waals surface area contributed by atoms with Crippen LogP contribution in [-0.4, -0.2) is 41.5 Å². The number of nitrogens with zero attached hydrogens (tertiary/aromatic N) is 6. The number of hydrogen-bond acceptors (Lipinski definition) is 6. The molecule has 37 heavy (non-hydrogen) atoms. The topological polar surface area (TPSA) is 90.9 Å². The van der Waals surface area contributed by atoms with Crippen LogP contribution in [0.4, 0.5) is 0 Å². The number of rotatable bonds is 9. The van der Waals surface area contributed by atoms with Crippen LogP contribution in [-0.2, 0) is 6.54 Å². The predicted octanol–water partition coefficient (Wildman–Crippen LogP) is 5.50. The van der Waals surface area contributed by atoms with Gasteiger partial charge in [0, 0.05) is 24.9 Å². The molecule has 0 saturated carbocycles. The highest BCUT2D eigenvalue weighted by Crippen LogP contribution is 2.33. The van der Waals surface area contributed by atoms with Crippen LogP contribution in [0.5, 0.6) is 5.75 Å². The van der Waals surface area contributed by atoms with Crippen LogP contribution in [0.15, 0.2) is 49.1 Å².